The number of carbonyl (C=O) groups is 1. The predicted molar refractivity (Wildman–Crippen MR) is 137 cm³/mol. The van der Waals surface area contributed by atoms with E-state index in [1.54, 1.807) is 4.68 Å². The molecular formula is C25H39N5O4Si. The molecule has 3 N–H and O–H groups in total. The van der Waals surface area contributed by atoms with Crippen molar-refractivity contribution in [1.29, 1.82) is 0 Å². The van der Waals surface area contributed by atoms with E-state index < -0.39 is 8.32 Å². The van der Waals surface area contributed by atoms with Gasteiger partial charge in [0, 0.05) is 50.1 Å². The average Bonchev–Trinajstić information content (AvgIpc) is 3.40. The number of amides is 1. The fourth-order valence-corrected chi connectivity index (χ4v) is 8.30. The van der Waals surface area contributed by atoms with Gasteiger partial charge >= 0.3 is 0 Å². The smallest absolute Gasteiger partial charge is 0.240 e. The van der Waals surface area contributed by atoms with Gasteiger partial charge in [0.25, 0.3) is 0 Å². The first-order chi connectivity index (χ1) is 16.8. The maximum Gasteiger partial charge on any atom is 0.240 e. The number of aryl methyl sites for hydroxylation is 2. The van der Waals surface area contributed by atoms with E-state index in [9.17, 15) is 9.59 Å². The molecule has 2 fully saturated rings. The molecule has 1 aromatic heterocycles. The first-order valence-electron chi connectivity index (χ1n) is 12.7. The molecule has 2 aliphatic heterocycles. The Morgan fingerprint density at radius 3 is 2.63 bits per heavy atom. The van der Waals surface area contributed by atoms with Gasteiger partial charge in [-0.15, -0.1) is 5.10 Å². The molecule has 0 spiro atoms. The Morgan fingerprint density at radius 1 is 1.17 bits per heavy atom. The molecule has 9 nitrogen and oxygen atoms in total. The number of hydrogen-bond donors (Lipinski definition) is 3. The van der Waals surface area contributed by atoms with Crippen LogP contribution in [0, 0.1) is 5.92 Å². The highest BCUT2D eigenvalue weighted by atomic mass is 28.4. The van der Waals surface area contributed by atoms with Crippen LogP contribution in [0.5, 0.6) is 0 Å². The summed E-state index contributed by atoms with van der Waals surface area (Å²) in [7, 11) is -2.43. The number of rotatable bonds is 10. The lowest BCUT2D eigenvalue weighted by molar-refractivity contribution is -0.118. The van der Waals surface area contributed by atoms with Crippen molar-refractivity contribution in [2.75, 3.05) is 31.1 Å². The number of aliphatic hydroxyl groups excluding tert-OH is 1. The number of hydrogen-bond acceptors (Lipinski definition) is 7. The predicted octanol–water partition coefficient (Wildman–Crippen LogP) is 1.74. The largest absolute Gasteiger partial charge is 0.432 e. The number of piperazine rings is 1. The standard InChI is InChI=1S/C25H39N5O4Si/c1-18-22(9-6-19-4-7-21(8-5-19)30-14-12-26-16-24(30)32)34-23(25(18)35(2,3)33)10-13-29-17-20(11-15-31)27-28-29/h4-5,7-8,17-18,22-23,25-26,31,33H,6,9-16H2,1-3H3/t18-,22+,23-,25+/m0/s1. The van der Waals surface area contributed by atoms with E-state index in [0.717, 1.165) is 37.2 Å². The summed E-state index contributed by atoms with van der Waals surface area (Å²) in [6.45, 7) is 8.89. The van der Waals surface area contributed by atoms with E-state index in [0.29, 0.717) is 26.1 Å². The van der Waals surface area contributed by atoms with Crippen LogP contribution in [0.2, 0.25) is 18.6 Å². The van der Waals surface area contributed by atoms with E-state index in [1.807, 2.05) is 36.3 Å². The third-order valence-electron chi connectivity index (χ3n) is 7.37. The Hall–Kier alpha value is -2.11. The molecular weight excluding hydrogens is 462 g/mol. The fourth-order valence-electron chi connectivity index (χ4n) is 5.65. The quantitative estimate of drug-likeness (QED) is 0.425. The topological polar surface area (TPSA) is 113 Å². The molecule has 1 amide bonds. The third-order valence-corrected chi connectivity index (χ3v) is 9.90. The molecule has 192 valence electrons. The van der Waals surface area contributed by atoms with Crippen LogP contribution in [0.25, 0.3) is 0 Å². The van der Waals surface area contributed by atoms with Crippen molar-refractivity contribution in [3.63, 3.8) is 0 Å². The number of anilines is 1. The summed E-state index contributed by atoms with van der Waals surface area (Å²) < 4.78 is 8.36. The molecule has 2 aliphatic rings. The number of benzene rings is 1. The SMILES string of the molecule is C[C@@H]1[C@@H]([Si](C)(C)O)[C@H](CCn2cc(CCO)nn2)O[C@@H]1CCc1ccc(N2CCNCC2=O)cc1. The van der Waals surface area contributed by atoms with E-state index in [2.05, 4.69) is 34.7 Å². The summed E-state index contributed by atoms with van der Waals surface area (Å²) in [6, 6.07) is 8.29. The summed E-state index contributed by atoms with van der Waals surface area (Å²) in [5.74, 6) is 0.394. The summed E-state index contributed by atoms with van der Waals surface area (Å²) in [5.41, 5.74) is 3.13. The van der Waals surface area contributed by atoms with Crippen molar-refractivity contribution in [3.8, 4) is 0 Å². The Kier molecular flexibility index (Phi) is 8.38. The number of nitrogens with zero attached hydrogens (tertiary/aromatic N) is 4. The zero-order chi connectivity index (χ0) is 25.0. The number of nitrogens with one attached hydrogen (secondary N) is 1. The molecule has 4 rings (SSSR count). The van der Waals surface area contributed by atoms with E-state index in [-0.39, 0.29) is 36.2 Å². The van der Waals surface area contributed by atoms with Crippen molar-refractivity contribution in [2.24, 2.45) is 5.92 Å². The summed E-state index contributed by atoms with van der Waals surface area (Å²) in [5, 5.41) is 20.5. The molecule has 0 saturated carbocycles. The zero-order valence-electron chi connectivity index (χ0n) is 21.1. The molecule has 10 heteroatoms. The second-order valence-corrected chi connectivity index (χ2v) is 14.4. The van der Waals surface area contributed by atoms with Gasteiger partial charge in [-0.05, 0) is 56.0 Å². The lowest BCUT2D eigenvalue weighted by Crippen LogP contribution is -2.48. The molecule has 2 aromatic rings. The Morgan fingerprint density at radius 2 is 1.94 bits per heavy atom. The molecule has 0 unspecified atom stereocenters. The molecule has 1 aromatic carbocycles. The minimum absolute atomic E-state index is 0.00624. The van der Waals surface area contributed by atoms with Crippen molar-refractivity contribution in [2.45, 2.75) is 70.0 Å². The highest BCUT2D eigenvalue weighted by molar-refractivity contribution is 6.71. The average molecular weight is 502 g/mol. The van der Waals surface area contributed by atoms with Crippen LogP contribution in [0.4, 0.5) is 5.69 Å². The minimum Gasteiger partial charge on any atom is -0.432 e. The molecule has 0 aliphatic carbocycles. The summed E-state index contributed by atoms with van der Waals surface area (Å²) >= 11 is 0. The molecule has 0 radical (unpaired) electrons. The van der Waals surface area contributed by atoms with Crippen molar-refractivity contribution < 1.29 is 19.4 Å². The maximum atomic E-state index is 12.1. The van der Waals surface area contributed by atoms with Crippen LogP contribution in [0.3, 0.4) is 0 Å². The monoisotopic (exact) mass is 501 g/mol. The Bertz CT molecular complexity index is 977. The van der Waals surface area contributed by atoms with E-state index in [1.165, 1.54) is 5.56 Å². The lowest BCUT2D eigenvalue weighted by atomic mass is 9.95. The van der Waals surface area contributed by atoms with Gasteiger partial charge in [0.05, 0.1) is 24.4 Å². The van der Waals surface area contributed by atoms with Crippen molar-refractivity contribution in [3.05, 3.63) is 41.7 Å². The van der Waals surface area contributed by atoms with Crippen LogP contribution in [0.15, 0.2) is 30.5 Å². The summed E-state index contributed by atoms with van der Waals surface area (Å²) in [6.07, 6.45) is 5.04. The van der Waals surface area contributed by atoms with Crippen LogP contribution in [-0.4, -0.2) is 77.6 Å². The van der Waals surface area contributed by atoms with Gasteiger partial charge in [-0.25, -0.2) is 0 Å². The van der Waals surface area contributed by atoms with Gasteiger partial charge in [-0.3, -0.25) is 9.48 Å². The van der Waals surface area contributed by atoms with Crippen molar-refractivity contribution in [1.82, 2.24) is 20.3 Å². The number of aromatic nitrogens is 3. The van der Waals surface area contributed by atoms with E-state index in [4.69, 9.17) is 9.84 Å². The molecule has 0 bridgehead atoms. The van der Waals surface area contributed by atoms with Crippen molar-refractivity contribution >= 4 is 19.9 Å². The van der Waals surface area contributed by atoms with Gasteiger partial charge < -0.3 is 24.9 Å². The number of ether oxygens (including phenoxy) is 1. The zero-order valence-corrected chi connectivity index (χ0v) is 22.1. The van der Waals surface area contributed by atoms with Gasteiger partial charge in [0.15, 0.2) is 8.32 Å². The van der Waals surface area contributed by atoms with Gasteiger partial charge in [-0.2, -0.15) is 0 Å². The third kappa shape index (κ3) is 6.37. The second kappa shape index (κ2) is 11.3. The highest BCUT2D eigenvalue weighted by Crippen LogP contribution is 2.45. The fraction of sp³-hybridized carbons (Fsp3) is 0.640. The second-order valence-electron chi connectivity index (χ2n) is 10.4. The normalized spacial score (nSPS) is 25.4. The highest BCUT2D eigenvalue weighted by Gasteiger charge is 2.49. The van der Waals surface area contributed by atoms with Crippen LogP contribution >= 0.6 is 0 Å². The molecule has 3 heterocycles. The minimum atomic E-state index is -2.43. The molecule has 4 atom stereocenters. The van der Waals surface area contributed by atoms with Crippen LogP contribution in [0.1, 0.15) is 31.0 Å². The molecule has 35 heavy (non-hydrogen) atoms. The first kappa shape index (κ1) is 26.0. The van der Waals surface area contributed by atoms with E-state index >= 15 is 0 Å². The summed E-state index contributed by atoms with van der Waals surface area (Å²) in [4.78, 5) is 25.1. The Labute approximate surface area is 208 Å². The first-order valence-corrected chi connectivity index (χ1v) is 15.8. The van der Waals surface area contributed by atoms with Gasteiger partial charge in [0.1, 0.15) is 0 Å². The maximum absolute atomic E-state index is 12.1. The van der Waals surface area contributed by atoms with Crippen LogP contribution in [-0.2, 0) is 28.9 Å². The lowest BCUT2D eigenvalue weighted by Gasteiger charge is -2.30. The van der Waals surface area contributed by atoms with Gasteiger partial charge in [0.2, 0.25) is 5.91 Å². The number of aliphatic hydroxyl groups is 1. The Balaban J connectivity index is 1.35. The van der Waals surface area contributed by atoms with Crippen LogP contribution < -0.4 is 10.2 Å². The van der Waals surface area contributed by atoms with Gasteiger partial charge in [-0.1, -0.05) is 24.3 Å². The number of carbonyl (C=O) groups excluding carboxylic acids is 1. The molecule has 2 saturated heterocycles.